The normalized spacial score (nSPS) is 31.8. The number of Topliss-reactive ketones (excluding diaryl/α,β-unsaturated/α-hetero) is 3. The zero-order valence-electron chi connectivity index (χ0n) is 25.9. The maximum atomic E-state index is 14.3. The number of hydrogen-bond acceptors (Lipinski definition) is 8. The predicted octanol–water partition coefficient (Wildman–Crippen LogP) is 5.35. The number of carbonyl (C=O) groups is 4. The average Bonchev–Trinajstić information content (AvgIpc) is 3.06. The van der Waals surface area contributed by atoms with Crippen LogP contribution in [0.15, 0.2) is 69.8 Å². The van der Waals surface area contributed by atoms with Gasteiger partial charge < -0.3 is 18.9 Å². The fourth-order valence-electron chi connectivity index (χ4n) is 7.09. The fraction of sp³-hybridized carbons (Fsp3) is 0.529. The molecule has 2 heterocycles. The van der Waals surface area contributed by atoms with Crippen LogP contribution in [-0.4, -0.2) is 52.8 Å². The van der Waals surface area contributed by atoms with Gasteiger partial charge in [-0.1, -0.05) is 29.4 Å². The highest BCUT2D eigenvalue weighted by Gasteiger charge is 2.81. The summed E-state index contributed by atoms with van der Waals surface area (Å²) in [6, 6.07) is 0. The number of esters is 1. The molecule has 4 atom stereocenters. The van der Waals surface area contributed by atoms with Crippen LogP contribution in [0.5, 0.6) is 0 Å². The Morgan fingerprint density at radius 1 is 1.02 bits per heavy atom. The van der Waals surface area contributed by atoms with Gasteiger partial charge in [0.2, 0.25) is 0 Å². The highest BCUT2D eigenvalue weighted by atomic mass is 16.6. The molecule has 8 heteroatoms. The standard InChI is InChI=1S/C34H40O8/c1-18(2)10-11-21-25(35)22-13-14-31(5,6)40-27(22)26(36)28(21)41-34-23(30(38)39-9)16-20-17-24(34)32(7,8)42-33(34,29(20)37)15-12-19(3)4/h10,12-14,16,20,24H,11,15,17H2,1-9H3/t20-,24?,33+,34-/m1/s1. The second-order valence-corrected chi connectivity index (χ2v) is 13.4. The smallest absolute Gasteiger partial charge is 0.337 e. The molecule has 0 aromatic carbocycles. The largest absolute Gasteiger partial charge is 0.479 e. The molecular formula is C34H40O8. The summed E-state index contributed by atoms with van der Waals surface area (Å²) < 4.78 is 24.9. The molecule has 42 heavy (non-hydrogen) atoms. The average molecular weight is 577 g/mol. The molecule has 1 saturated heterocycles. The van der Waals surface area contributed by atoms with Crippen molar-refractivity contribution < 1.29 is 38.1 Å². The van der Waals surface area contributed by atoms with E-state index in [1.54, 1.807) is 32.1 Å². The van der Waals surface area contributed by atoms with Crippen LogP contribution >= 0.6 is 0 Å². The van der Waals surface area contributed by atoms with Gasteiger partial charge in [0, 0.05) is 18.3 Å². The Bertz CT molecular complexity index is 1480. The van der Waals surface area contributed by atoms with Crippen molar-refractivity contribution in [2.24, 2.45) is 11.8 Å². The van der Waals surface area contributed by atoms with E-state index in [1.807, 2.05) is 53.7 Å². The predicted molar refractivity (Wildman–Crippen MR) is 155 cm³/mol. The quantitative estimate of drug-likeness (QED) is 0.227. The van der Waals surface area contributed by atoms with Crippen LogP contribution in [-0.2, 0) is 38.1 Å². The van der Waals surface area contributed by atoms with Gasteiger partial charge >= 0.3 is 5.97 Å². The molecule has 2 aliphatic heterocycles. The van der Waals surface area contributed by atoms with Crippen molar-refractivity contribution in [2.75, 3.05) is 7.11 Å². The van der Waals surface area contributed by atoms with Gasteiger partial charge in [0.15, 0.2) is 34.3 Å². The zero-order valence-corrected chi connectivity index (χ0v) is 25.9. The number of ether oxygens (including phenoxy) is 4. The number of methoxy groups -OCH3 is 1. The van der Waals surface area contributed by atoms with Gasteiger partial charge in [-0.2, -0.15) is 0 Å². The summed E-state index contributed by atoms with van der Waals surface area (Å²) in [6.45, 7) is 15.0. The van der Waals surface area contributed by atoms with Crippen molar-refractivity contribution in [2.45, 2.75) is 97.1 Å². The summed E-state index contributed by atoms with van der Waals surface area (Å²) in [5, 5.41) is 0. The van der Waals surface area contributed by atoms with Gasteiger partial charge in [-0.05, 0) is 80.4 Å². The summed E-state index contributed by atoms with van der Waals surface area (Å²) in [4.78, 5) is 56.1. The van der Waals surface area contributed by atoms with Gasteiger partial charge in [0.1, 0.15) is 5.60 Å². The Kier molecular flexibility index (Phi) is 6.96. The van der Waals surface area contributed by atoms with E-state index >= 15 is 0 Å². The van der Waals surface area contributed by atoms with Crippen LogP contribution in [0.1, 0.15) is 74.7 Å². The number of ketones is 3. The van der Waals surface area contributed by atoms with Gasteiger partial charge in [-0.15, -0.1) is 0 Å². The lowest BCUT2D eigenvalue weighted by molar-refractivity contribution is -0.184. The van der Waals surface area contributed by atoms with Crippen LogP contribution in [0, 0.1) is 11.8 Å². The van der Waals surface area contributed by atoms with Crippen molar-refractivity contribution in [3.63, 3.8) is 0 Å². The van der Waals surface area contributed by atoms with E-state index in [4.69, 9.17) is 18.9 Å². The van der Waals surface area contributed by atoms with E-state index in [9.17, 15) is 19.2 Å². The molecule has 8 nitrogen and oxygen atoms in total. The molecule has 0 aromatic rings. The maximum Gasteiger partial charge on any atom is 0.337 e. The van der Waals surface area contributed by atoms with E-state index in [1.165, 1.54) is 7.11 Å². The summed E-state index contributed by atoms with van der Waals surface area (Å²) in [5.41, 5.74) is -2.75. The SMILES string of the molecule is COC(=O)C1=C[C@@H]2CC3C(C)(C)O[C@@](CC=C(C)C)(C2=O)[C@@]13OC1=C(CC=C(C)C)C(=O)C2=C(OC(C)(C)C=C2)C1=O. The lowest BCUT2D eigenvalue weighted by Crippen LogP contribution is -2.69. The van der Waals surface area contributed by atoms with Crippen LogP contribution in [0.25, 0.3) is 0 Å². The van der Waals surface area contributed by atoms with Crippen LogP contribution < -0.4 is 0 Å². The van der Waals surface area contributed by atoms with Crippen LogP contribution in [0.3, 0.4) is 0 Å². The molecule has 4 aliphatic carbocycles. The zero-order chi connectivity index (χ0) is 31.0. The first-order chi connectivity index (χ1) is 19.5. The fourth-order valence-corrected chi connectivity index (χ4v) is 7.09. The Balaban J connectivity index is 1.79. The second kappa shape index (κ2) is 9.76. The topological polar surface area (TPSA) is 105 Å². The van der Waals surface area contributed by atoms with Crippen molar-refractivity contribution in [3.8, 4) is 0 Å². The van der Waals surface area contributed by atoms with Crippen LogP contribution in [0.4, 0.5) is 0 Å². The molecule has 1 unspecified atom stereocenters. The molecule has 6 aliphatic rings. The van der Waals surface area contributed by atoms with Crippen molar-refractivity contribution in [1.29, 1.82) is 0 Å². The van der Waals surface area contributed by atoms with Crippen molar-refractivity contribution in [3.05, 3.63) is 69.8 Å². The molecule has 0 radical (unpaired) electrons. The van der Waals surface area contributed by atoms with E-state index in [-0.39, 0.29) is 46.9 Å². The third kappa shape index (κ3) is 4.21. The number of allylic oxidation sites excluding steroid dienone is 7. The molecule has 224 valence electrons. The first-order valence-electron chi connectivity index (χ1n) is 14.5. The molecule has 4 bridgehead atoms. The van der Waals surface area contributed by atoms with E-state index in [0.29, 0.717) is 6.42 Å². The van der Waals surface area contributed by atoms with Gasteiger partial charge in [-0.25, -0.2) is 4.79 Å². The highest BCUT2D eigenvalue weighted by molar-refractivity contribution is 6.25. The summed E-state index contributed by atoms with van der Waals surface area (Å²) in [6.07, 6.45) is 9.31. The second-order valence-electron chi connectivity index (χ2n) is 13.4. The Morgan fingerprint density at radius 3 is 2.31 bits per heavy atom. The van der Waals surface area contributed by atoms with Crippen LogP contribution in [0.2, 0.25) is 0 Å². The summed E-state index contributed by atoms with van der Waals surface area (Å²) in [7, 11) is 1.27. The lowest BCUT2D eigenvalue weighted by atomic mass is 9.52. The minimum atomic E-state index is -1.72. The van der Waals surface area contributed by atoms with Gasteiger partial charge in [0.05, 0.1) is 29.4 Å². The molecule has 1 saturated carbocycles. The third-order valence-corrected chi connectivity index (χ3v) is 9.01. The Labute approximate surface area is 247 Å². The molecular weight excluding hydrogens is 536 g/mol. The first-order valence-corrected chi connectivity index (χ1v) is 14.5. The number of rotatable bonds is 7. The molecule has 6 rings (SSSR count). The Hall–Kier alpha value is -3.52. The number of hydrogen-bond donors (Lipinski definition) is 0. The monoisotopic (exact) mass is 576 g/mol. The minimum absolute atomic E-state index is 0.106. The van der Waals surface area contributed by atoms with Crippen molar-refractivity contribution in [1.82, 2.24) is 0 Å². The molecule has 0 aromatic heterocycles. The molecule has 0 spiro atoms. The number of carbonyl (C=O) groups excluding carboxylic acids is 4. The Morgan fingerprint density at radius 2 is 1.69 bits per heavy atom. The van der Waals surface area contributed by atoms with Gasteiger partial charge in [-0.3, -0.25) is 14.4 Å². The van der Waals surface area contributed by atoms with E-state index in [2.05, 4.69) is 0 Å². The summed E-state index contributed by atoms with van der Waals surface area (Å²) in [5.74, 6) is -3.29. The third-order valence-electron chi connectivity index (χ3n) is 9.01. The molecule has 2 fully saturated rings. The highest BCUT2D eigenvalue weighted by Crippen LogP contribution is 2.66. The maximum absolute atomic E-state index is 14.3. The lowest BCUT2D eigenvalue weighted by Gasteiger charge is -2.54. The molecule has 0 N–H and O–H groups in total. The van der Waals surface area contributed by atoms with Crippen molar-refractivity contribution >= 4 is 23.3 Å². The van der Waals surface area contributed by atoms with E-state index in [0.717, 1.165) is 11.1 Å². The first kappa shape index (κ1) is 30.0. The van der Waals surface area contributed by atoms with E-state index < -0.39 is 51.8 Å². The minimum Gasteiger partial charge on any atom is -0.479 e. The summed E-state index contributed by atoms with van der Waals surface area (Å²) >= 11 is 0. The van der Waals surface area contributed by atoms with Gasteiger partial charge in [0.25, 0.3) is 5.78 Å². The molecule has 0 amide bonds.